The van der Waals surface area contributed by atoms with E-state index in [-0.39, 0.29) is 6.04 Å². The molecule has 2 aromatic heterocycles. The maximum atomic E-state index is 4.81. The second-order valence-electron chi connectivity index (χ2n) is 5.04. The highest BCUT2D eigenvalue weighted by Gasteiger charge is 2.18. The van der Waals surface area contributed by atoms with Gasteiger partial charge in [-0.2, -0.15) is 0 Å². The Morgan fingerprint density at radius 2 is 2.19 bits per heavy atom. The maximum Gasteiger partial charge on any atom is 0.111 e. The highest BCUT2D eigenvalue weighted by Crippen LogP contribution is 2.21. The van der Waals surface area contributed by atoms with Gasteiger partial charge < -0.3 is 9.88 Å². The van der Waals surface area contributed by atoms with Crippen LogP contribution in [-0.2, 0) is 13.0 Å². The Morgan fingerprint density at radius 3 is 2.90 bits per heavy atom. The fraction of sp³-hybridized carbons (Fsp3) is 0.400. The molecule has 6 heteroatoms. The lowest BCUT2D eigenvalue weighted by molar-refractivity contribution is 0.536. The minimum atomic E-state index is 0.149. The summed E-state index contributed by atoms with van der Waals surface area (Å²) in [5.41, 5.74) is 3.26. The zero-order valence-electron chi connectivity index (χ0n) is 12.3. The summed E-state index contributed by atoms with van der Waals surface area (Å²) in [6, 6.07) is 8.47. The molecule has 0 aliphatic rings. The molecule has 2 heterocycles. The monoisotopic (exact) mass is 301 g/mol. The summed E-state index contributed by atoms with van der Waals surface area (Å²) < 4.78 is 6.28. The van der Waals surface area contributed by atoms with Crippen LogP contribution >= 0.6 is 11.5 Å². The Labute approximate surface area is 128 Å². The number of imidazole rings is 1. The van der Waals surface area contributed by atoms with Crippen molar-refractivity contribution < 1.29 is 0 Å². The number of fused-ring (bicyclic) bond motifs is 1. The molecule has 0 spiro atoms. The van der Waals surface area contributed by atoms with Gasteiger partial charge in [0.05, 0.1) is 22.8 Å². The highest BCUT2D eigenvalue weighted by molar-refractivity contribution is 7.03. The van der Waals surface area contributed by atoms with Crippen LogP contribution in [0.5, 0.6) is 0 Å². The molecule has 110 valence electrons. The first-order valence-electron chi connectivity index (χ1n) is 7.21. The van der Waals surface area contributed by atoms with Gasteiger partial charge in [0.1, 0.15) is 5.82 Å². The number of nitrogens with one attached hydrogen (secondary N) is 1. The summed E-state index contributed by atoms with van der Waals surface area (Å²) in [5.74, 6) is 1.10. The van der Waals surface area contributed by atoms with Gasteiger partial charge in [0.15, 0.2) is 0 Å². The van der Waals surface area contributed by atoms with Crippen LogP contribution in [0.4, 0.5) is 0 Å². The van der Waals surface area contributed by atoms with Gasteiger partial charge in [-0.05, 0) is 37.1 Å². The normalized spacial score (nSPS) is 12.9. The van der Waals surface area contributed by atoms with E-state index in [0.717, 1.165) is 36.4 Å². The molecule has 0 aliphatic heterocycles. The van der Waals surface area contributed by atoms with Crippen LogP contribution < -0.4 is 5.32 Å². The molecule has 0 saturated carbocycles. The van der Waals surface area contributed by atoms with Crippen LogP contribution in [-0.4, -0.2) is 26.2 Å². The number of likely N-dealkylation sites (N-methyl/N-ethyl adjacent to an activating group) is 1. The van der Waals surface area contributed by atoms with E-state index in [1.54, 1.807) is 0 Å². The van der Waals surface area contributed by atoms with E-state index in [9.17, 15) is 0 Å². The zero-order valence-corrected chi connectivity index (χ0v) is 13.1. The predicted molar refractivity (Wildman–Crippen MR) is 85.4 cm³/mol. The minimum absolute atomic E-state index is 0.149. The minimum Gasteiger partial charge on any atom is -0.328 e. The number of aromatic nitrogens is 4. The molecule has 0 fully saturated rings. The molecule has 0 aliphatic carbocycles. The lowest BCUT2D eigenvalue weighted by Crippen LogP contribution is -2.21. The molecule has 1 N–H and O–H groups in total. The van der Waals surface area contributed by atoms with Gasteiger partial charge in [-0.25, -0.2) is 4.98 Å². The van der Waals surface area contributed by atoms with Crippen molar-refractivity contribution >= 4 is 22.6 Å². The second-order valence-corrected chi connectivity index (χ2v) is 5.65. The molecule has 1 unspecified atom stereocenters. The fourth-order valence-electron chi connectivity index (χ4n) is 2.62. The van der Waals surface area contributed by atoms with Crippen molar-refractivity contribution in [1.29, 1.82) is 0 Å². The molecular formula is C15H19N5S. The number of hydrogen-bond donors (Lipinski definition) is 1. The van der Waals surface area contributed by atoms with Crippen molar-refractivity contribution in [2.75, 3.05) is 7.05 Å². The topological polar surface area (TPSA) is 55.6 Å². The summed E-state index contributed by atoms with van der Waals surface area (Å²) in [5, 5.41) is 9.49. The van der Waals surface area contributed by atoms with Crippen LogP contribution in [0.15, 0.2) is 29.6 Å². The van der Waals surface area contributed by atoms with Gasteiger partial charge in [-0.1, -0.05) is 23.5 Å². The quantitative estimate of drug-likeness (QED) is 0.760. The molecule has 0 bridgehead atoms. The summed E-state index contributed by atoms with van der Waals surface area (Å²) in [4.78, 5) is 4.81. The Kier molecular flexibility index (Phi) is 4.26. The summed E-state index contributed by atoms with van der Waals surface area (Å²) >= 11 is 1.39. The van der Waals surface area contributed by atoms with E-state index in [1.165, 1.54) is 17.0 Å². The van der Waals surface area contributed by atoms with Crippen LogP contribution in [0.1, 0.15) is 30.9 Å². The van der Waals surface area contributed by atoms with Gasteiger partial charge >= 0.3 is 0 Å². The number of rotatable bonds is 6. The van der Waals surface area contributed by atoms with Crippen LogP contribution in [0.3, 0.4) is 0 Å². The second kappa shape index (κ2) is 6.32. The van der Waals surface area contributed by atoms with E-state index >= 15 is 0 Å². The lowest BCUT2D eigenvalue weighted by Gasteiger charge is -2.14. The number of para-hydroxylation sites is 2. The van der Waals surface area contributed by atoms with Crippen LogP contribution in [0.25, 0.3) is 11.0 Å². The smallest absolute Gasteiger partial charge is 0.111 e. The average molecular weight is 301 g/mol. The number of aryl methyl sites for hydroxylation is 1. The Morgan fingerprint density at radius 1 is 1.33 bits per heavy atom. The zero-order chi connectivity index (χ0) is 14.7. The standard InChI is InChI=1S/C15H19N5S/c1-3-8-20-14-7-5-4-6-11(14)17-15(20)9-12(16-2)13-10-21-19-18-13/h4-7,10,12,16H,3,8-9H2,1-2H3. The number of benzene rings is 1. The molecule has 5 nitrogen and oxygen atoms in total. The van der Waals surface area contributed by atoms with E-state index in [0.29, 0.717) is 0 Å². The first-order chi connectivity index (χ1) is 10.3. The third-order valence-electron chi connectivity index (χ3n) is 3.65. The molecule has 21 heavy (non-hydrogen) atoms. The third kappa shape index (κ3) is 2.82. The molecule has 1 aromatic carbocycles. The Hall–Kier alpha value is -1.79. The Bertz CT molecular complexity index is 704. The van der Waals surface area contributed by atoms with Crippen molar-refractivity contribution in [2.45, 2.75) is 32.4 Å². The molecule has 0 saturated heterocycles. The number of hydrogen-bond acceptors (Lipinski definition) is 5. The van der Waals surface area contributed by atoms with Crippen molar-refractivity contribution in [3.05, 3.63) is 41.2 Å². The SMILES string of the molecule is CCCn1c(CC(NC)c2csnn2)nc2ccccc21. The van der Waals surface area contributed by atoms with Crippen LogP contribution in [0.2, 0.25) is 0 Å². The predicted octanol–water partition coefficient (Wildman–Crippen LogP) is 2.80. The van der Waals surface area contributed by atoms with Crippen LogP contribution in [0, 0.1) is 0 Å². The third-order valence-corrected chi connectivity index (χ3v) is 4.17. The van der Waals surface area contributed by atoms with Gasteiger partial charge in [0.2, 0.25) is 0 Å². The summed E-state index contributed by atoms with van der Waals surface area (Å²) in [7, 11) is 1.96. The van der Waals surface area contributed by atoms with Crippen molar-refractivity contribution in [3.8, 4) is 0 Å². The van der Waals surface area contributed by atoms with Gasteiger partial charge in [0, 0.05) is 18.3 Å². The first-order valence-corrected chi connectivity index (χ1v) is 8.05. The highest BCUT2D eigenvalue weighted by atomic mass is 32.1. The molecule has 3 rings (SSSR count). The number of nitrogens with zero attached hydrogens (tertiary/aromatic N) is 4. The van der Waals surface area contributed by atoms with E-state index < -0.39 is 0 Å². The van der Waals surface area contributed by atoms with Gasteiger partial charge in [-0.3, -0.25) is 0 Å². The molecular weight excluding hydrogens is 282 g/mol. The molecule has 1 atom stereocenters. The largest absolute Gasteiger partial charge is 0.328 e. The van der Waals surface area contributed by atoms with Crippen molar-refractivity contribution in [3.63, 3.8) is 0 Å². The average Bonchev–Trinajstić information content (AvgIpc) is 3.14. The first kappa shape index (κ1) is 14.2. The maximum absolute atomic E-state index is 4.81. The van der Waals surface area contributed by atoms with Crippen molar-refractivity contribution in [2.24, 2.45) is 0 Å². The van der Waals surface area contributed by atoms with E-state index in [1.807, 2.05) is 18.5 Å². The fourth-order valence-corrected chi connectivity index (χ4v) is 3.12. The molecule has 3 aromatic rings. The van der Waals surface area contributed by atoms with Crippen molar-refractivity contribution in [1.82, 2.24) is 24.5 Å². The van der Waals surface area contributed by atoms with Gasteiger partial charge in [-0.15, -0.1) is 5.10 Å². The summed E-state index contributed by atoms with van der Waals surface area (Å²) in [6.07, 6.45) is 1.91. The summed E-state index contributed by atoms with van der Waals surface area (Å²) in [6.45, 7) is 3.18. The van der Waals surface area contributed by atoms with E-state index in [4.69, 9.17) is 4.98 Å². The molecule has 0 amide bonds. The Balaban J connectivity index is 1.97. The van der Waals surface area contributed by atoms with E-state index in [2.05, 4.69) is 44.6 Å². The molecule has 0 radical (unpaired) electrons. The lowest BCUT2D eigenvalue weighted by atomic mass is 10.1. The van der Waals surface area contributed by atoms with Gasteiger partial charge in [0.25, 0.3) is 0 Å².